The predicted molar refractivity (Wildman–Crippen MR) is 143 cm³/mol. The lowest BCUT2D eigenvalue weighted by Gasteiger charge is -2.12. The Bertz CT molecular complexity index is 981. The van der Waals surface area contributed by atoms with Gasteiger partial charge in [0.25, 0.3) is 0 Å². The van der Waals surface area contributed by atoms with Crippen molar-refractivity contribution in [1.82, 2.24) is 0 Å². The molecule has 0 radical (unpaired) electrons. The van der Waals surface area contributed by atoms with Crippen LogP contribution in [0.5, 0.6) is 0 Å². The van der Waals surface area contributed by atoms with Gasteiger partial charge in [0, 0.05) is 11.8 Å². The van der Waals surface area contributed by atoms with E-state index in [1.807, 2.05) is 6.07 Å². The van der Waals surface area contributed by atoms with Crippen LogP contribution in [0.15, 0.2) is 61.7 Å². The maximum absolute atomic E-state index is 10.8. The molecule has 10 heteroatoms. The second-order valence-corrected chi connectivity index (χ2v) is 8.88. The summed E-state index contributed by atoms with van der Waals surface area (Å²) < 4.78 is 0. The molecule has 0 saturated carbocycles. The zero-order valence-electron chi connectivity index (χ0n) is 17.8. The van der Waals surface area contributed by atoms with Gasteiger partial charge in [-0.25, -0.2) is 0 Å². The normalized spacial score (nSPS) is 11.5. The van der Waals surface area contributed by atoms with Crippen LogP contribution in [0.3, 0.4) is 0 Å². The van der Waals surface area contributed by atoms with Crippen LogP contribution in [0.25, 0.3) is 0 Å². The Hall–Kier alpha value is -1.37. The van der Waals surface area contributed by atoms with Gasteiger partial charge < -0.3 is 9.90 Å². The van der Waals surface area contributed by atoms with Crippen molar-refractivity contribution in [2.45, 2.75) is 24.7 Å². The fourth-order valence-electron chi connectivity index (χ4n) is 2.48. The quantitative estimate of drug-likeness (QED) is 0.140. The second kappa shape index (κ2) is 18.0. The average Bonchev–Trinajstić information content (AvgIpc) is 2.80. The summed E-state index contributed by atoms with van der Waals surface area (Å²) in [4.78, 5) is 29.6. The Labute approximate surface area is 229 Å². The summed E-state index contributed by atoms with van der Waals surface area (Å²) in [7, 11) is 0. The molecule has 0 heterocycles. The van der Waals surface area contributed by atoms with Crippen LogP contribution in [-0.4, -0.2) is 28.5 Å². The van der Waals surface area contributed by atoms with Crippen LogP contribution >= 0.6 is 69.6 Å². The Morgan fingerprint density at radius 2 is 1.24 bits per heavy atom. The number of halogens is 6. The van der Waals surface area contributed by atoms with Gasteiger partial charge in [-0.2, -0.15) is 0 Å². The molecule has 4 nitrogen and oxygen atoms in total. The molecule has 2 rings (SSSR count). The van der Waals surface area contributed by atoms with Crippen molar-refractivity contribution in [3.8, 4) is 0 Å². The highest BCUT2D eigenvalue weighted by Crippen LogP contribution is 2.28. The zero-order valence-corrected chi connectivity index (χ0v) is 22.4. The molecule has 184 valence electrons. The molecular weight excluding hydrogens is 565 g/mol. The maximum atomic E-state index is 10.8. The van der Waals surface area contributed by atoms with Crippen LogP contribution in [0.1, 0.15) is 35.8 Å². The van der Waals surface area contributed by atoms with Gasteiger partial charge in [0.2, 0.25) is 0 Å². The summed E-state index contributed by atoms with van der Waals surface area (Å²) in [5, 5.41) is 8.89. The lowest BCUT2D eigenvalue weighted by Crippen LogP contribution is -2.02. The minimum absolute atomic E-state index is 0.0577. The van der Waals surface area contributed by atoms with Gasteiger partial charge in [-0.05, 0) is 71.4 Å². The van der Waals surface area contributed by atoms with Crippen LogP contribution < -0.4 is 0 Å². The number of carbonyl (C=O) groups is 3. The van der Waals surface area contributed by atoms with E-state index in [1.54, 1.807) is 42.5 Å². The molecule has 1 N–H and O–H groups in total. The third-order valence-electron chi connectivity index (χ3n) is 4.20. The summed E-state index contributed by atoms with van der Waals surface area (Å²) >= 11 is 32.3. The highest BCUT2D eigenvalue weighted by Gasteiger charge is 2.11. The van der Waals surface area contributed by atoms with Gasteiger partial charge in [-0.1, -0.05) is 70.7 Å². The van der Waals surface area contributed by atoms with Crippen molar-refractivity contribution >= 4 is 86.4 Å². The monoisotopic (exact) mass is 584 g/mol. The van der Waals surface area contributed by atoms with E-state index in [0.717, 1.165) is 23.8 Å². The smallest absolute Gasteiger partial charge is 0.304 e. The van der Waals surface area contributed by atoms with Crippen LogP contribution in [0.4, 0.5) is 0 Å². The van der Waals surface area contributed by atoms with Gasteiger partial charge >= 0.3 is 10.5 Å². The molecule has 2 atom stereocenters. The fourth-order valence-corrected chi connectivity index (χ4v) is 3.09. The minimum atomic E-state index is -1.14. The molecule has 0 unspecified atom stereocenters. The first kappa shape index (κ1) is 32.6. The molecule has 0 aliphatic heterocycles. The predicted octanol–water partition coefficient (Wildman–Crippen LogP) is 8.01. The van der Waals surface area contributed by atoms with E-state index in [2.05, 4.69) is 36.4 Å². The van der Waals surface area contributed by atoms with E-state index in [4.69, 9.17) is 51.5 Å². The van der Waals surface area contributed by atoms with E-state index in [1.165, 1.54) is 0 Å². The van der Waals surface area contributed by atoms with E-state index in [-0.39, 0.29) is 18.4 Å². The standard InChI is InChI=1S/C11H12Cl2O.C11H10Cl2O.C2Cl2O2/c2*1-2-3-9(7-14)8-4-5-10(12)11(13)6-8;3-1(5)2(4)6/h2,4-6,9,14H,1,3,7H2;2,4-7,9H,1,3H2;/t2*9-;/m11./s1. The Balaban J connectivity index is 0.000000521. The van der Waals surface area contributed by atoms with Gasteiger partial charge in [0.1, 0.15) is 6.29 Å². The molecule has 0 fully saturated rings. The van der Waals surface area contributed by atoms with Gasteiger partial charge in [0.15, 0.2) is 0 Å². The van der Waals surface area contributed by atoms with E-state index < -0.39 is 10.5 Å². The molecule has 0 bridgehead atoms. The van der Waals surface area contributed by atoms with Crippen molar-refractivity contribution in [3.63, 3.8) is 0 Å². The molecule has 0 amide bonds. The highest BCUT2D eigenvalue weighted by molar-refractivity contribution is 6.97. The number of hydrogen-bond acceptors (Lipinski definition) is 4. The third kappa shape index (κ3) is 12.4. The molecular formula is C24H22Cl6O4. The van der Waals surface area contributed by atoms with Crippen LogP contribution in [0, 0.1) is 0 Å². The fraction of sp³-hybridized carbons (Fsp3) is 0.208. The maximum Gasteiger partial charge on any atom is 0.304 e. The molecule has 2 aromatic carbocycles. The summed E-state index contributed by atoms with van der Waals surface area (Å²) in [6.07, 6.45) is 5.72. The Morgan fingerprint density at radius 1 is 0.794 bits per heavy atom. The molecule has 0 aliphatic rings. The van der Waals surface area contributed by atoms with E-state index >= 15 is 0 Å². The van der Waals surface area contributed by atoms with Crippen LogP contribution in [-0.2, 0) is 14.4 Å². The van der Waals surface area contributed by atoms with Crippen molar-refractivity contribution in [2.75, 3.05) is 6.61 Å². The SMILES string of the molecule is C=CC[C@H](C=O)c1ccc(Cl)c(Cl)c1.C=CC[C@H](CO)c1ccc(Cl)c(Cl)c1.O=C(Cl)C(=O)Cl. The molecule has 0 spiro atoms. The van der Waals surface area contributed by atoms with Crippen molar-refractivity contribution < 1.29 is 19.5 Å². The lowest BCUT2D eigenvalue weighted by atomic mass is 9.97. The van der Waals surface area contributed by atoms with Gasteiger partial charge in [-0.3, -0.25) is 9.59 Å². The van der Waals surface area contributed by atoms with E-state index in [9.17, 15) is 14.4 Å². The first-order chi connectivity index (χ1) is 16.0. The summed E-state index contributed by atoms with van der Waals surface area (Å²) in [5.41, 5.74) is 1.86. The number of carbonyl (C=O) groups excluding carboxylic acids is 3. The molecule has 0 aromatic heterocycles. The van der Waals surface area contributed by atoms with E-state index in [0.29, 0.717) is 26.5 Å². The molecule has 34 heavy (non-hydrogen) atoms. The summed E-state index contributed by atoms with van der Waals surface area (Å²) in [6.45, 7) is 7.33. The number of aldehydes is 1. The number of hydrogen-bond donors (Lipinski definition) is 1. The first-order valence-corrected chi connectivity index (χ1v) is 11.9. The Morgan fingerprint density at radius 3 is 1.59 bits per heavy atom. The number of aliphatic hydroxyl groups is 1. The number of aliphatic hydroxyl groups excluding tert-OH is 1. The Kier molecular flexibility index (Phi) is 17.3. The molecule has 2 aromatic rings. The summed E-state index contributed by atoms with van der Waals surface area (Å²) in [5.74, 6) is -0.121. The number of benzene rings is 2. The number of rotatable bonds is 9. The van der Waals surface area contributed by atoms with Crippen molar-refractivity contribution in [3.05, 3.63) is 92.9 Å². The first-order valence-electron chi connectivity index (χ1n) is 9.59. The van der Waals surface area contributed by atoms with Gasteiger partial charge in [-0.15, -0.1) is 13.2 Å². The summed E-state index contributed by atoms with van der Waals surface area (Å²) in [6, 6.07) is 10.6. The largest absolute Gasteiger partial charge is 0.396 e. The highest BCUT2D eigenvalue weighted by atomic mass is 35.5. The third-order valence-corrected chi connectivity index (χ3v) is 6.12. The topological polar surface area (TPSA) is 71.4 Å². The molecule has 0 saturated heterocycles. The molecule has 0 aliphatic carbocycles. The van der Waals surface area contributed by atoms with Crippen molar-refractivity contribution in [2.24, 2.45) is 0 Å². The zero-order chi connectivity index (χ0) is 26.3. The number of allylic oxidation sites excluding steroid dienone is 2. The minimum Gasteiger partial charge on any atom is -0.396 e. The van der Waals surface area contributed by atoms with Crippen LogP contribution in [0.2, 0.25) is 20.1 Å². The van der Waals surface area contributed by atoms with Gasteiger partial charge in [0.05, 0.1) is 26.7 Å². The average molecular weight is 587 g/mol. The van der Waals surface area contributed by atoms with Crippen molar-refractivity contribution in [1.29, 1.82) is 0 Å². The second-order valence-electron chi connectivity index (χ2n) is 6.57. The lowest BCUT2D eigenvalue weighted by molar-refractivity contribution is -0.127.